The summed E-state index contributed by atoms with van der Waals surface area (Å²) in [6.45, 7) is 1.53. The summed E-state index contributed by atoms with van der Waals surface area (Å²) >= 11 is 0. The molecule has 1 heterocycles. The topological polar surface area (TPSA) is 59.6 Å². The zero-order chi connectivity index (χ0) is 14.5. The molecule has 2 atom stereocenters. The first kappa shape index (κ1) is 14.0. The third-order valence-electron chi connectivity index (χ3n) is 4.18. The van der Waals surface area contributed by atoms with Crippen molar-refractivity contribution in [2.24, 2.45) is 16.6 Å². The van der Waals surface area contributed by atoms with E-state index in [1.807, 2.05) is 18.2 Å². The normalized spacial score (nSPS) is 25.0. The fraction of sp³-hybridized carbons (Fsp3) is 0.471. The minimum atomic E-state index is 0.199. The molecule has 112 valence electrons. The van der Waals surface area contributed by atoms with Crippen molar-refractivity contribution in [3.63, 3.8) is 0 Å². The number of nitrogens with zero attached hydrogens (tertiary/aromatic N) is 1. The molecule has 21 heavy (non-hydrogen) atoms. The summed E-state index contributed by atoms with van der Waals surface area (Å²) in [5, 5.41) is 3.34. The summed E-state index contributed by atoms with van der Waals surface area (Å²) in [5.41, 5.74) is 7.23. The first-order valence-corrected chi connectivity index (χ1v) is 7.76. The lowest BCUT2D eigenvalue weighted by molar-refractivity contribution is 0.262. The minimum absolute atomic E-state index is 0.199. The Morgan fingerprint density at radius 3 is 3.05 bits per heavy atom. The summed E-state index contributed by atoms with van der Waals surface area (Å²) in [5.74, 6) is 2.13. The van der Waals surface area contributed by atoms with Crippen molar-refractivity contribution in [1.82, 2.24) is 5.32 Å². The summed E-state index contributed by atoms with van der Waals surface area (Å²) in [4.78, 5) is 4.52. The standard InChI is InChI=1S/C17H23N3O/c18-17(19-12-13-6-2-1-3-7-13)20-15-10-11-21-16-9-5-4-8-14(15)16/h1-2,4-5,8-9,13,15H,3,6-7,10-12H2,(H3,18,19,20). The van der Waals surface area contributed by atoms with Crippen LogP contribution in [0, 0.1) is 5.92 Å². The number of para-hydroxylation sites is 1. The zero-order valence-electron chi connectivity index (χ0n) is 12.3. The molecule has 0 radical (unpaired) electrons. The van der Waals surface area contributed by atoms with Crippen LogP contribution in [0.4, 0.5) is 0 Å². The molecule has 3 N–H and O–H groups in total. The molecule has 1 aliphatic heterocycles. The van der Waals surface area contributed by atoms with E-state index in [9.17, 15) is 0 Å². The maximum absolute atomic E-state index is 6.06. The lowest BCUT2D eigenvalue weighted by Gasteiger charge is -2.27. The fourth-order valence-electron chi connectivity index (χ4n) is 2.97. The van der Waals surface area contributed by atoms with Crippen LogP contribution in [-0.4, -0.2) is 19.1 Å². The van der Waals surface area contributed by atoms with Crippen LogP contribution < -0.4 is 15.8 Å². The molecule has 0 spiro atoms. The Labute approximate surface area is 126 Å². The first-order chi connectivity index (χ1) is 10.3. The number of hydrogen-bond donors (Lipinski definition) is 2. The number of ether oxygens (including phenoxy) is 1. The van der Waals surface area contributed by atoms with Crippen LogP contribution >= 0.6 is 0 Å². The van der Waals surface area contributed by atoms with Gasteiger partial charge in [-0.15, -0.1) is 0 Å². The quantitative estimate of drug-likeness (QED) is 0.510. The van der Waals surface area contributed by atoms with Gasteiger partial charge in [-0.3, -0.25) is 4.99 Å². The second-order valence-electron chi connectivity index (χ2n) is 5.75. The van der Waals surface area contributed by atoms with Crippen LogP contribution in [0.1, 0.15) is 37.3 Å². The van der Waals surface area contributed by atoms with Crippen molar-refractivity contribution >= 4 is 5.96 Å². The molecule has 0 aromatic heterocycles. The largest absolute Gasteiger partial charge is 0.493 e. The maximum atomic E-state index is 6.06. The van der Waals surface area contributed by atoms with Gasteiger partial charge >= 0.3 is 0 Å². The summed E-state index contributed by atoms with van der Waals surface area (Å²) < 4.78 is 5.66. The SMILES string of the molecule is NC(=NCC1CC=CCC1)NC1CCOc2ccccc21. The van der Waals surface area contributed by atoms with E-state index in [0.717, 1.165) is 31.7 Å². The Morgan fingerprint density at radius 1 is 1.29 bits per heavy atom. The molecule has 0 bridgehead atoms. The molecule has 0 fully saturated rings. The Hall–Kier alpha value is -1.97. The number of hydrogen-bond acceptors (Lipinski definition) is 2. The molecule has 3 rings (SSSR count). The Morgan fingerprint density at radius 2 is 2.19 bits per heavy atom. The van der Waals surface area contributed by atoms with Gasteiger partial charge in [0.1, 0.15) is 5.75 Å². The molecular formula is C17H23N3O. The van der Waals surface area contributed by atoms with Crippen molar-refractivity contribution in [2.45, 2.75) is 31.7 Å². The minimum Gasteiger partial charge on any atom is -0.493 e. The Balaban J connectivity index is 1.60. The van der Waals surface area contributed by atoms with E-state index >= 15 is 0 Å². The third kappa shape index (κ3) is 3.57. The molecule has 0 saturated heterocycles. The van der Waals surface area contributed by atoms with Gasteiger partial charge in [-0.25, -0.2) is 0 Å². The number of guanidine groups is 1. The van der Waals surface area contributed by atoms with E-state index in [4.69, 9.17) is 10.5 Å². The van der Waals surface area contributed by atoms with Crippen LogP contribution in [0.3, 0.4) is 0 Å². The number of aliphatic imine (C=N–C) groups is 1. The second-order valence-corrected chi connectivity index (χ2v) is 5.75. The average Bonchev–Trinajstić information content (AvgIpc) is 2.54. The highest BCUT2D eigenvalue weighted by Crippen LogP contribution is 2.31. The number of allylic oxidation sites excluding steroid dienone is 2. The number of nitrogens with two attached hydrogens (primary N) is 1. The molecule has 2 aliphatic rings. The predicted octanol–water partition coefficient (Wildman–Crippen LogP) is 2.77. The predicted molar refractivity (Wildman–Crippen MR) is 85.4 cm³/mol. The van der Waals surface area contributed by atoms with Gasteiger partial charge in [-0.1, -0.05) is 30.4 Å². The maximum Gasteiger partial charge on any atom is 0.189 e. The molecule has 1 aromatic carbocycles. The van der Waals surface area contributed by atoms with Crippen LogP contribution in [0.15, 0.2) is 41.4 Å². The monoisotopic (exact) mass is 285 g/mol. The van der Waals surface area contributed by atoms with Crippen molar-refractivity contribution < 1.29 is 4.74 Å². The number of benzene rings is 1. The Kier molecular flexibility index (Phi) is 4.43. The van der Waals surface area contributed by atoms with Crippen LogP contribution in [0.25, 0.3) is 0 Å². The highest BCUT2D eigenvalue weighted by atomic mass is 16.5. The molecule has 0 amide bonds. The van der Waals surface area contributed by atoms with E-state index in [1.165, 1.54) is 18.4 Å². The summed E-state index contributed by atoms with van der Waals surface area (Å²) in [6.07, 6.45) is 8.92. The molecule has 1 aliphatic carbocycles. The molecule has 0 saturated carbocycles. The lowest BCUT2D eigenvalue weighted by atomic mass is 9.95. The van der Waals surface area contributed by atoms with Crippen molar-refractivity contribution in [3.05, 3.63) is 42.0 Å². The van der Waals surface area contributed by atoms with Crippen LogP contribution in [-0.2, 0) is 0 Å². The van der Waals surface area contributed by atoms with Gasteiger partial charge in [-0.2, -0.15) is 0 Å². The molecule has 1 aromatic rings. The third-order valence-corrected chi connectivity index (χ3v) is 4.18. The van der Waals surface area contributed by atoms with E-state index in [1.54, 1.807) is 0 Å². The van der Waals surface area contributed by atoms with E-state index in [-0.39, 0.29) is 6.04 Å². The zero-order valence-corrected chi connectivity index (χ0v) is 12.3. The average molecular weight is 285 g/mol. The van der Waals surface area contributed by atoms with Crippen molar-refractivity contribution in [2.75, 3.05) is 13.2 Å². The van der Waals surface area contributed by atoms with Crippen LogP contribution in [0.5, 0.6) is 5.75 Å². The fourth-order valence-corrected chi connectivity index (χ4v) is 2.97. The summed E-state index contributed by atoms with van der Waals surface area (Å²) in [7, 11) is 0. The molecule has 4 heteroatoms. The molecular weight excluding hydrogens is 262 g/mol. The number of fused-ring (bicyclic) bond motifs is 1. The van der Waals surface area contributed by atoms with Crippen LogP contribution in [0.2, 0.25) is 0 Å². The van der Waals surface area contributed by atoms with Gasteiger partial charge in [0.2, 0.25) is 0 Å². The van der Waals surface area contributed by atoms with Gasteiger partial charge in [0.05, 0.1) is 12.6 Å². The number of nitrogens with one attached hydrogen (secondary N) is 1. The first-order valence-electron chi connectivity index (χ1n) is 7.76. The van der Waals surface area contributed by atoms with Gasteiger partial charge in [0.15, 0.2) is 5.96 Å². The highest BCUT2D eigenvalue weighted by Gasteiger charge is 2.21. The van der Waals surface area contributed by atoms with Crippen molar-refractivity contribution in [1.29, 1.82) is 0 Å². The Bertz CT molecular complexity index is 539. The molecule has 2 unspecified atom stereocenters. The van der Waals surface area contributed by atoms with Gasteiger partial charge in [-0.05, 0) is 31.2 Å². The highest BCUT2D eigenvalue weighted by molar-refractivity contribution is 5.78. The second kappa shape index (κ2) is 6.66. The smallest absolute Gasteiger partial charge is 0.189 e. The molecule has 4 nitrogen and oxygen atoms in total. The van der Waals surface area contributed by atoms with Gasteiger partial charge in [0.25, 0.3) is 0 Å². The lowest BCUT2D eigenvalue weighted by Crippen LogP contribution is -2.37. The van der Waals surface area contributed by atoms with Crippen molar-refractivity contribution in [3.8, 4) is 5.75 Å². The van der Waals surface area contributed by atoms with Gasteiger partial charge in [0, 0.05) is 18.5 Å². The number of rotatable bonds is 3. The van der Waals surface area contributed by atoms with E-state index < -0.39 is 0 Å². The van der Waals surface area contributed by atoms with Gasteiger partial charge < -0.3 is 15.8 Å². The van der Waals surface area contributed by atoms with E-state index in [2.05, 4.69) is 28.5 Å². The van der Waals surface area contributed by atoms with E-state index in [0.29, 0.717) is 11.9 Å². The summed E-state index contributed by atoms with van der Waals surface area (Å²) in [6, 6.07) is 8.32.